The van der Waals surface area contributed by atoms with Gasteiger partial charge in [-0.15, -0.1) is 5.10 Å². The average molecular weight is 210 g/mol. The highest BCUT2D eigenvalue weighted by Crippen LogP contribution is 2.27. The van der Waals surface area contributed by atoms with Crippen LogP contribution in [0.5, 0.6) is 0 Å². The van der Waals surface area contributed by atoms with Gasteiger partial charge in [-0.1, -0.05) is 5.21 Å². The second-order valence-corrected chi connectivity index (χ2v) is 3.88. The van der Waals surface area contributed by atoms with Gasteiger partial charge in [-0.2, -0.15) is 0 Å². The van der Waals surface area contributed by atoms with Crippen molar-refractivity contribution in [2.75, 3.05) is 6.54 Å². The summed E-state index contributed by atoms with van der Waals surface area (Å²) in [5.41, 5.74) is 0.789. The van der Waals surface area contributed by atoms with Gasteiger partial charge in [-0.05, 0) is 25.3 Å². The number of aromatic nitrogens is 3. The van der Waals surface area contributed by atoms with E-state index in [0.29, 0.717) is 6.54 Å². The summed E-state index contributed by atoms with van der Waals surface area (Å²) in [7, 11) is 0. The fourth-order valence-corrected chi connectivity index (χ4v) is 1.36. The van der Waals surface area contributed by atoms with E-state index in [-0.39, 0.29) is 6.54 Å². The zero-order chi connectivity index (χ0) is 10.7. The Bertz CT molecular complexity index is 346. The Morgan fingerprint density at radius 1 is 1.67 bits per heavy atom. The van der Waals surface area contributed by atoms with Gasteiger partial charge in [0.1, 0.15) is 6.54 Å². The normalized spacial score (nSPS) is 15.5. The molecular formula is C9H14N4O2. The molecule has 0 unspecified atom stereocenters. The van der Waals surface area contributed by atoms with Crippen LogP contribution in [0.25, 0.3) is 0 Å². The second-order valence-electron chi connectivity index (χ2n) is 3.88. The maximum Gasteiger partial charge on any atom is 0.325 e. The molecule has 82 valence electrons. The zero-order valence-electron chi connectivity index (χ0n) is 8.39. The summed E-state index contributed by atoms with van der Waals surface area (Å²) in [6, 6.07) is 0. The predicted molar refractivity (Wildman–Crippen MR) is 52.1 cm³/mol. The summed E-state index contributed by atoms with van der Waals surface area (Å²) in [5.74, 6) is -0.0727. The van der Waals surface area contributed by atoms with Crippen LogP contribution in [0.2, 0.25) is 0 Å². The van der Waals surface area contributed by atoms with E-state index in [1.165, 1.54) is 17.5 Å². The summed E-state index contributed by atoms with van der Waals surface area (Å²) in [5, 5.41) is 19.4. The van der Waals surface area contributed by atoms with Crippen LogP contribution in [0.4, 0.5) is 0 Å². The van der Waals surface area contributed by atoms with Gasteiger partial charge in [0.2, 0.25) is 0 Å². The van der Waals surface area contributed by atoms with Crippen molar-refractivity contribution in [1.82, 2.24) is 20.3 Å². The van der Waals surface area contributed by atoms with Crippen LogP contribution < -0.4 is 5.32 Å². The maximum absolute atomic E-state index is 10.4. The maximum atomic E-state index is 10.4. The van der Waals surface area contributed by atoms with Crippen LogP contribution in [-0.4, -0.2) is 32.6 Å². The monoisotopic (exact) mass is 210 g/mol. The Morgan fingerprint density at radius 2 is 2.47 bits per heavy atom. The zero-order valence-corrected chi connectivity index (χ0v) is 8.39. The van der Waals surface area contributed by atoms with Crippen LogP contribution >= 0.6 is 0 Å². The highest BCUT2D eigenvalue weighted by Gasteiger charge is 2.20. The molecule has 1 aliphatic rings. The van der Waals surface area contributed by atoms with Crippen LogP contribution in [0.15, 0.2) is 6.20 Å². The molecule has 0 amide bonds. The molecule has 1 aromatic heterocycles. The molecule has 0 bridgehead atoms. The fraction of sp³-hybridized carbons (Fsp3) is 0.667. The highest BCUT2D eigenvalue weighted by atomic mass is 16.4. The molecule has 0 saturated heterocycles. The van der Waals surface area contributed by atoms with Gasteiger partial charge in [0, 0.05) is 6.54 Å². The van der Waals surface area contributed by atoms with E-state index < -0.39 is 5.97 Å². The smallest absolute Gasteiger partial charge is 0.325 e. The first-order valence-electron chi connectivity index (χ1n) is 5.05. The quantitative estimate of drug-likeness (QED) is 0.683. The Kier molecular flexibility index (Phi) is 2.96. The molecule has 1 saturated carbocycles. The lowest BCUT2D eigenvalue weighted by atomic mass is 10.4. The van der Waals surface area contributed by atoms with E-state index in [0.717, 1.165) is 18.2 Å². The van der Waals surface area contributed by atoms with Crippen molar-refractivity contribution in [3.63, 3.8) is 0 Å². The van der Waals surface area contributed by atoms with Gasteiger partial charge in [0.05, 0.1) is 11.9 Å². The number of aliphatic carboxylic acids is 1. The number of hydrogen-bond donors (Lipinski definition) is 2. The third kappa shape index (κ3) is 3.32. The molecule has 0 atom stereocenters. The van der Waals surface area contributed by atoms with E-state index in [1.54, 1.807) is 6.20 Å². The summed E-state index contributed by atoms with van der Waals surface area (Å²) < 4.78 is 1.33. The Hall–Kier alpha value is -1.43. The minimum atomic E-state index is -0.905. The van der Waals surface area contributed by atoms with E-state index >= 15 is 0 Å². The predicted octanol–water partition coefficient (Wildman–Crippen LogP) is -0.138. The number of nitrogens with zero attached hydrogens (tertiary/aromatic N) is 3. The molecule has 2 N–H and O–H groups in total. The van der Waals surface area contributed by atoms with Gasteiger partial charge < -0.3 is 10.4 Å². The van der Waals surface area contributed by atoms with E-state index in [9.17, 15) is 4.79 Å². The molecule has 1 heterocycles. The molecular weight excluding hydrogens is 196 g/mol. The molecule has 6 heteroatoms. The molecule has 0 aromatic carbocycles. The van der Waals surface area contributed by atoms with Crippen molar-refractivity contribution in [3.05, 3.63) is 11.9 Å². The van der Waals surface area contributed by atoms with Crippen molar-refractivity contribution in [3.8, 4) is 0 Å². The first-order chi connectivity index (χ1) is 7.24. The SMILES string of the molecule is O=C(O)Cn1cc(CNCC2CC2)nn1. The standard InChI is InChI=1S/C9H14N4O2/c14-9(15)6-13-5-8(11-12-13)4-10-3-7-1-2-7/h5,7,10H,1-4,6H2,(H,14,15). The van der Waals surface area contributed by atoms with Gasteiger partial charge in [-0.25, -0.2) is 4.68 Å². The summed E-state index contributed by atoms with van der Waals surface area (Å²) >= 11 is 0. The number of rotatable bonds is 6. The minimum Gasteiger partial charge on any atom is -0.480 e. The third-order valence-electron chi connectivity index (χ3n) is 2.32. The van der Waals surface area contributed by atoms with Crippen molar-refractivity contribution in [2.24, 2.45) is 5.92 Å². The van der Waals surface area contributed by atoms with E-state index in [4.69, 9.17) is 5.11 Å². The number of hydrogen-bond acceptors (Lipinski definition) is 4. The third-order valence-corrected chi connectivity index (χ3v) is 2.32. The fourth-order valence-electron chi connectivity index (χ4n) is 1.36. The first kappa shape index (κ1) is 10.1. The number of nitrogens with one attached hydrogen (secondary N) is 1. The van der Waals surface area contributed by atoms with Crippen molar-refractivity contribution < 1.29 is 9.90 Å². The molecule has 0 spiro atoms. The van der Waals surface area contributed by atoms with E-state index in [1.807, 2.05) is 0 Å². The van der Waals surface area contributed by atoms with Gasteiger partial charge in [0.25, 0.3) is 0 Å². The summed E-state index contributed by atoms with van der Waals surface area (Å²) in [6.45, 7) is 1.55. The second kappa shape index (κ2) is 4.39. The minimum absolute atomic E-state index is 0.129. The summed E-state index contributed by atoms with van der Waals surface area (Å²) in [6.07, 6.45) is 4.30. The van der Waals surface area contributed by atoms with Crippen molar-refractivity contribution in [2.45, 2.75) is 25.9 Å². The molecule has 1 aromatic rings. The van der Waals surface area contributed by atoms with Gasteiger partial charge in [-0.3, -0.25) is 4.79 Å². The van der Waals surface area contributed by atoms with E-state index in [2.05, 4.69) is 15.6 Å². The van der Waals surface area contributed by atoms with Gasteiger partial charge in [0.15, 0.2) is 0 Å². The lowest BCUT2D eigenvalue weighted by Gasteiger charge is -1.98. The highest BCUT2D eigenvalue weighted by molar-refractivity contribution is 5.66. The van der Waals surface area contributed by atoms with Crippen molar-refractivity contribution >= 4 is 5.97 Å². The number of carboxylic acids is 1. The lowest BCUT2D eigenvalue weighted by molar-refractivity contribution is -0.137. The molecule has 1 fully saturated rings. The molecule has 6 nitrogen and oxygen atoms in total. The van der Waals surface area contributed by atoms with Crippen LogP contribution in [0, 0.1) is 5.92 Å². The van der Waals surface area contributed by atoms with Crippen molar-refractivity contribution in [1.29, 1.82) is 0 Å². The van der Waals surface area contributed by atoms with Crippen LogP contribution in [0.3, 0.4) is 0 Å². The lowest BCUT2D eigenvalue weighted by Crippen LogP contribution is -2.16. The van der Waals surface area contributed by atoms with Crippen LogP contribution in [0.1, 0.15) is 18.5 Å². The molecule has 15 heavy (non-hydrogen) atoms. The molecule has 2 rings (SSSR count). The topological polar surface area (TPSA) is 80.0 Å². The summed E-state index contributed by atoms with van der Waals surface area (Å²) in [4.78, 5) is 10.4. The Morgan fingerprint density at radius 3 is 3.13 bits per heavy atom. The molecule has 1 aliphatic carbocycles. The van der Waals surface area contributed by atoms with Gasteiger partial charge >= 0.3 is 5.97 Å². The first-order valence-corrected chi connectivity index (χ1v) is 5.05. The number of carboxylic acid groups (broad SMARTS) is 1. The molecule has 0 aliphatic heterocycles. The largest absolute Gasteiger partial charge is 0.480 e. The Balaban J connectivity index is 1.75. The molecule has 0 radical (unpaired) electrons. The average Bonchev–Trinajstić information content (AvgIpc) is 2.88. The Labute approximate surface area is 87.3 Å². The van der Waals surface area contributed by atoms with Crippen LogP contribution in [-0.2, 0) is 17.9 Å². The number of carbonyl (C=O) groups is 1.